The van der Waals surface area contributed by atoms with Gasteiger partial charge in [0.15, 0.2) is 0 Å². The van der Waals surface area contributed by atoms with Gasteiger partial charge in [-0.3, -0.25) is 9.10 Å². The molecule has 0 bridgehead atoms. The lowest BCUT2D eigenvalue weighted by atomic mass is 10.2. The van der Waals surface area contributed by atoms with Crippen LogP contribution in [0.5, 0.6) is 0 Å². The quantitative estimate of drug-likeness (QED) is 0.715. The molecule has 8 heteroatoms. The molecule has 0 fully saturated rings. The Morgan fingerprint density at radius 2 is 1.89 bits per heavy atom. The first-order valence-corrected chi connectivity index (χ1v) is 10.3. The Bertz CT molecular complexity index is 888. The van der Waals surface area contributed by atoms with E-state index in [0.29, 0.717) is 11.4 Å². The summed E-state index contributed by atoms with van der Waals surface area (Å²) in [6, 6.07) is 13.2. The average molecular weight is 411 g/mol. The molecule has 0 radical (unpaired) electrons. The van der Waals surface area contributed by atoms with E-state index in [1.807, 2.05) is 6.07 Å². The molecule has 1 atom stereocenters. The highest BCUT2D eigenvalue weighted by molar-refractivity contribution is 7.93. The standard InChI is InChI=1S/C19H23ClN2O4S/c1-4-22(16-8-6-5-7-9-16)27(24,25)18-13-15(10-11-17(18)20)21-19(23)12-14(2)26-3/h5-11,13-14H,4,12H2,1-3H3,(H,21,23). The van der Waals surface area contributed by atoms with Crippen molar-refractivity contribution >= 4 is 38.9 Å². The minimum atomic E-state index is -3.90. The van der Waals surface area contributed by atoms with E-state index in [-0.39, 0.29) is 34.9 Å². The Labute approximate surface area is 165 Å². The second-order valence-corrected chi connectivity index (χ2v) is 8.19. The number of sulfonamides is 1. The van der Waals surface area contributed by atoms with Crippen LogP contribution in [0.4, 0.5) is 11.4 Å². The minimum Gasteiger partial charge on any atom is -0.381 e. The van der Waals surface area contributed by atoms with Crippen LogP contribution in [0.1, 0.15) is 20.3 Å². The molecule has 0 aliphatic rings. The summed E-state index contributed by atoms with van der Waals surface area (Å²) in [4.78, 5) is 12.0. The van der Waals surface area contributed by atoms with Crippen molar-refractivity contribution in [1.29, 1.82) is 0 Å². The highest BCUT2D eigenvalue weighted by Crippen LogP contribution is 2.30. The van der Waals surface area contributed by atoms with Crippen LogP contribution >= 0.6 is 11.6 Å². The van der Waals surface area contributed by atoms with Gasteiger partial charge >= 0.3 is 0 Å². The van der Waals surface area contributed by atoms with Gasteiger partial charge in [-0.1, -0.05) is 29.8 Å². The van der Waals surface area contributed by atoms with Crippen LogP contribution in [0, 0.1) is 0 Å². The van der Waals surface area contributed by atoms with Gasteiger partial charge in [-0.15, -0.1) is 0 Å². The van der Waals surface area contributed by atoms with Crippen LogP contribution in [0.15, 0.2) is 53.4 Å². The Morgan fingerprint density at radius 3 is 2.48 bits per heavy atom. The number of anilines is 2. The van der Waals surface area contributed by atoms with Crippen LogP contribution in [-0.4, -0.2) is 34.1 Å². The maximum absolute atomic E-state index is 13.2. The molecule has 6 nitrogen and oxygen atoms in total. The molecule has 0 aromatic heterocycles. The van der Waals surface area contributed by atoms with Crippen LogP contribution in [-0.2, 0) is 19.6 Å². The van der Waals surface area contributed by atoms with Gasteiger partial charge in [0.25, 0.3) is 10.0 Å². The summed E-state index contributed by atoms with van der Waals surface area (Å²) in [7, 11) is -2.37. The Balaban J connectivity index is 2.35. The largest absolute Gasteiger partial charge is 0.381 e. The number of nitrogens with one attached hydrogen (secondary N) is 1. The Hall–Kier alpha value is -2.09. The number of carbonyl (C=O) groups is 1. The van der Waals surface area contributed by atoms with E-state index >= 15 is 0 Å². The maximum atomic E-state index is 13.2. The first-order chi connectivity index (χ1) is 12.8. The monoisotopic (exact) mass is 410 g/mol. The lowest BCUT2D eigenvalue weighted by Gasteiger charge is -2.23. The van der Waals surface area contributed by atoms with Crippen LogP contribution in [0.2, 0.25) is 5.02 Å². The number of para-hydroxylation sites is 1. The van der Waals surface area contributed by atoms with E-state index in [0.717, 1.165) is 0 Å². The van der Waals surface area contributed by atoms with Gasteiger partial charge in [-0.05, 0) is 44.2 Å². The number of benzene rings is 2. The summed E-state index contributed by atoms with van der Waals surface area (Å²) in [5.41, 5.74) is 0.898. The van der Waals surface area contributed by atoms with Crippen molar-refractivity contribution in [2.45, 2.75) is 31.3 Å². The molecule has 1 N–H and O–H groups in total. The molecule has 2 aromatic carbocycles. The van der Waals surface area contributed by atoms with Gasteiger partial charge in [0, 0.05) is 19.3 Å². The average Bonchev–Trinajstić information content (AvgIpc) is 2.64. The van der Waals surface area contributed by atoms with E-state index < -0.39 is 10.0 Å². The molecule has 0 spiro atoms. The van der Waals surface area contributed by atoms with Gasteiger partial charge < -0.3 is 10.1 Å². The second-order valence-electron chi connectivity index (χ2n) is 5.95. The van der Waals surface area contributed by atoms with Gasteiger partial charge in [-0.25, -0.2) is 8.42 Å². The summed E-state index contributed by atoms with van der Waals surface area (Å²) >= 11 is 6.17. The van der Waals surface area contributed by atoms with Crippen LogP contribution in [0.25, 0.3) is 0 Å². The summed E-state index contributed by atoms with van der Waals surface area (Å²) in [5.74, 6) is -0.273. The number of rotatable bonds is 8. The fourth-order valence-corrected chi connectivity index (χ4v) is 4.52. The lowest BCUT2D eigenvalue weighted by Crippen LogP contribution is -2.31. The zero-order valence-corrected chi connectivity index (χ0v) is 17.0. The number of carbonyl (C=O) groups excluding carboxylic acids is 1. The molecule has 0 heterocycles. The van der Waals surface area contributed by atoms with E-state index in [2.05, 4.69) is 5.32 Å². The molecule has 0 saturated heterocycles. The van der Waals surface area contributed by atoms with Crippen molar-refractivity contribution in [3.05, 3.63) is 53.6 Å². The Kier molecular flexibility index (Phi) is 7.24. The smallest absolute Gasteiger partial charge is 0.265 e. The van der Waals surface area contributed by atoms with Crippen molar-refractivity contribution in [3.8, 4) is 0 Å². The molecule has 27 heavy (non-hydrogen) atoms. The molecule has 1 amide bonds. The third-order valence-corrected chi connectivity index (χ3v) is 6.37. The number of hydrogen-bond acceptors (Lipinski definition) is 4. The molecular weight excluding hydrogens is 388 g/mol. The molecular formula is C19H23ClN2O4S. The van der Waals surface area contributed by atoms with Crippen molar-refractivity contribution in [2.75, 3.05) is 23.3 Å². The predicted molar refractivity (Wildman–Crippen MR) is 108 cm³/mol. The van der Waals surface area contributed by atoms with Crippen LogP contribution < -0.4 is 9.62 Å². The highest BCUT2D eigenvalue weighted by Gasteiger charge is 2.26. The fraction of sp³-hybridized carbons (Fsp3) is 0.316. The van der Waals surface area contributed by atoms with E-state index in [9.17, 15) is 13.2 Å². The van der Waals surface area contributed by atoms with E-state index in [1.165, 1.54) is 23.5 Å². The molecule has 0 aliphatic heterocycles. The van der Waals surface area contributed by atoms with Gasteiger partial charge in [0.05, 0.1) is 23.2 Å². The first-order valence-electron chi connectivity index (χ1n) is 8.49. The molecule has 0 aliphatic carbocycles. The number of ether oxygens (including phenoxy) is 1. The molecule has 1 unspecified atom stereocenters. The van der Waals surface area contributed by atoms with Gasteiger partial charge in [0.2, 0.25) is 5.91 Å². The highest BCUT2D eigenvalue weighted by atomic mass is 35.5. The number of nitrogens with zero attached hydrogens (tertiary/aromatic N) is 1. The third-order valence-electron chi connectivity index (χ3n) is 3.99. The minimum absolute atomic E-state index is 0.0625. The third kappa shape index (κ3) is 5.22. The SMILES string of the molecule is CCN(c1ccccc1)S(=O)(=O)c1cc(NC(=O)CC(C)OC)ccc1Cl. The lowest BCUT2D eigenvalue weighted by molar-refractivity contribution is -0.118. The number of methoxy groups -OCH3 is 1. The molecule has 0 saturated carbocycles. The van der Waals surface area contributed by atoms with E-state index in [1.54, 1.807) is 44.2 Å². The van der Waals surface area contributed by atoms with Crippen molar-refractivity contribution in [1.82, 2.24) is 0 Å². The van der Waals surface area contributed by atoms with Gasteiger partial charge in [0.1, 0.15) is 4.90 Å². The molecule has 146 valence electrons. The topological polar surface area (TPSA) is 75.7 Å². The maximum Gasteiger partial charge on any atom is 0.265 e. The normalized spacial score (nSPS) is 12.4. The first kappa shape index (κ1) is 21.2. The number of halogens is 1. The van der Waals surface area contributed by atoms with Gasteiger partial charge in [-0.2, -0.15) is 0 Å². The van der Waals surface area contributed by atoms with Crippen molar-refractivity contribution in [2.24, 2.45) is 0 Å². The predicted octanol–water partition coefficient (Wildman–Crippen LogP) is 3.92. The van der Waals surface area contributed by atoms with Crippen molar-refractivity contribution < 1.29 is 17.9 Å². The number of hydrogen-bond donors (Lipinski definition) is 1. The summed E-state index contributed by atoms with van der Waals surface area (Å²) in [6.45, 7) is 3.76. The summed E-state index contributed by atoms with van der Waals surface area (Å²) in [6.07, 6.45) is -0.0825. The number of amides is 1. The summed E-state index contributed by atoms with van der Waals surface area (Å²) < 4.78 is 32.6. The molecule has 2 rings (SSSR count). The van der Waals surface area contributed by atoms with Crippen LogP contribution in [0.3, 0.4) is 0 Å². The fourth-order valence-electron chi connectivity index (χ4n) is 2.54. The second kappa shape index (κ2) is 9.21. The summed E-state index contributed by atoms with van der Waals surface area (Å²) in [5, 5.41) is 2.77. The zero-order valence-electron chi connectivity index (χ0n) is 15.5. The zero-order chi connectivity index (χ0) is 20.0. The Morgan fingerprint density at radius 1 is 1.22 bits per heavy atom. The van der Waals surface area contributed by atoms with Crippen molar-refractivity contribution in [3.63, 3.8) is 0 Å². The van der Waals surface area contributed by atoms with E-state index in [4.69, 9.17) is 16.3 Å². The molecule has 2 aromatic rings.